The highest BCUT2D eigenvalue weighted by Gasteiger charge is 2.18. The van der Waals surface area contributed by atoms with Crippen LogP contribution in [0, 0.1) is 13.8 Å². The van der Waals surface area contributed by atoms with Crippen molar-refractivity contribution in [2.75, 3.05) is 0 Å². The summed E-state index contributed by atoms with van der Waals surface area (Å²) >= 11 is 5.99. The second-order valence-electron chi connectivity index (χ2n) is 6.11. The van der Waals surface area contributed by atoms with E-state index in [1.165, 1.54) is 4.68 Å². The molecule has 0 saturated heterocycles. The largest absolute Gasteiger partial charge is 0.346 e. The minimum absolute atomic E-state index is 0.152. The van der Waals surface area contributed by atoms with E-state index in [2.05, 4.69) is 15.5 Å². The van der Waals surface area contributed by atoms with E-state index < -0.39 is 11.3 Å². The van der Waals surface area contributed by atoms with Gasteiger partial charge in [-0.25, -0.2) is 0 Å². The van der Waals surface area contributed by atoms with E-state index in [9.17, 15) is 9.59 Å². The predicted molar refractivity (Wildman–Crippen MR) is 101 cm³/mol. The molecule has 0 bridgehead atoms. The quantitative estimate of drug-likeness (QED) is 0.761. The number of nitrogens with one attached hydrogen (secondary N) is 1. The van der Waals surface area contributed by atoms with Gasteiger partial charge in [-0.1, -0.05) is 11.6 Å². The van der Waals surface area contributed by atoms with Crippen LogP contribution in [0.4, 0.5) is 0 Å². The first-order valence-electron chi connectivity index (χ1n) is 8.31. The lowest BCUT2D eigenvalue weighted by atomic mass is 10.1. The first kappa shape index (κ1) is 18.1. The Bertz CT molecular complexity index is 1070. The van der Waals surface area contributed by atoms with Crippen LogP contribution in [0.3, 0.4) is 0 Å². The third kappa shape index (κ3) is 3.10. The van der Waals surface area contributed by atoms with Crippen molar-refractivity contribution in [1.29, 1.82) is 0 Å². The van der Waals surface area contributed by atoms with Crippen LogP contribution < -0.4 is 10.7 Å². The van der Waals surface area contributed by atoms with Crippen LogP contribution in [-0.2, 0) is 20.1 Å². The maximum absolute atomic E-state index is 12.7. The van der Waals surface area contributed by atoms with Gasteiger partial charge in [-0.05, 0) is 39.0 Å². The van der Waals surface area contributed by atoms with Crippen molar-refractivity contribution in [3.8, 4) is 0 Å². The zero-order valence-corrected chi connectivity index (χ0v) is 15.9. The zero-order chi connectivity index (χ0) is 19.0. The fourth-order valence-corrected chi connectivity index (χ4v) is 3.22. The molecule has 0 aliphatic rings. The Labute approximate surface area is 155 Å². The van der Waals surface area contributed by atoms with E-state index in [1.54, 1.807) is 25.2 Å². The van der Waals surface area contributed by atoms with Gasteiger partial charge in [0.1, 0.15) is 0 Å². The summed E-state index contributed by atoms with van der Waals surface area (Å²) in [6.07, 6.45) is 0. The van der Waals surface area contributed by atoms with Crippen molar-refractivity contribution in [3.63, 3.8) is 0 Å². The Kier molecular flexibility index (Phi) is 4.82. The summed E-state index contributed by atoms with van der Waals surface area (Å²) in [5.41, 5.74) is 2.83. The average Bonchev–Trinajstić information content (AvgIpc) is 2.89. The van der Waals surface area contributed by atoms with Crippen LogP contribution >= 0.6 is 11.6 Å². The molecule has 0 fully saturated rings. The second-order valence-corrected chi connectivity index (χ2v) is 6.55. The molecule has 1 aromatic carbocycles. The molecule has 3 aromatic rings. The number of nitrogens with zero attached hydrogens (tertiary/aromatic N) is 4. The number of carbonyl (C=O) groups is 1. The van der Waals surface area contributed by atoms with Gasteiger partial charge in [-0.3, -0.25) is 19.0 Å². The standard InChI is InChI=1S/C18H20ClN5O2/c1-5-24-11(3)14(10(2)21-24)9-20-18(26)16-17(25)13-8-12(19)6-7-15(13)23(4)22-16/h6-8H,5,9H2,1-4H3,(H,20,26). The first-order valence-corrected chi connectivity index (χ1v) is 8.69. The fraction of sp³-hybridized carbons (Fsp3) is 0.333. The summed E-state index contributed by atoms with van der Waals surface area (Å²) < 4.78 is 3.39. The van der Waals surface area contributed by atoms with E-state index in [0.29, 0.717) is 15.9 Å². The number of aromatic nitrogens is 4. The molecule has 1 N–H and O–H groups in total. The van der Waals surface area contributed by atoms with E-state index in [1.807, 2.05) is 25.5 Å². The van der Waals surface area contributed by atoms with Crippen molar-refractivity contribution in [3.05, 3.63) is 56.1 Å². The summed E-state index contributed by atoms with van der Waals surface area (Å²) in [6.45, 7) is 6.91. The number of rotatable bonds is 4. The Morgan fingerprint density at radius 1 is 1.27 bits per heavy atom. The molecule has 0 atom stereocenters. The van der Waals surface area contributed by atoms with E-state index in [4.69, 9.17) is 11.6 Å². The van der Waals surface area contributed by atoms with E-state index in [0.717, 1.165) is 23.5 Å². The highest BCUT2D eigenvalue weighted by atomic mass is 35.5. The van der Waals surface area contributed by atoms with Gasteiger partial charge in [-0.15, -0.1) is 0 Å². The van der Waals surface area contributed by atoms with Crippen molar-refractivity contribution in [2.24, 2.45) is 7.05 Å². The van der Waals surface area contributed by atoms with Gasteiger partial charge in [0, 0.05) is 36.4 Å². The van der Waals surface area contributed by atoms with Gasteiger partial charge >= 0.3 is 0 Å². The molecule has 0 spiro atoms. The molecule has 2 heterocycles. The molecular weight excluding hydrogens is 354 g/mol. The molecule has 1 amide bonds. The maximum atomic E-state index is 12.7. The van der Waals surface area contributed by atoms with Crippen LogP contribution in [0.1, 0.15) is 34.4 Å². The smallest absolute Gasteiger partial charge is 0.276 e. The molecule has 0 aliphatic heterocycles. The normalized spacial score (nSPS) is 11.1. The van der Waals surface area contributed by atoms with Gasteiger partial charge in [0.05, 0.1) is 16.6 Å². The minimum Gasteiger partial charge on any atom is -0.346 e. The zero-order valence-electron chi connectivity index (χ0n) is 15.1. The lowest BCUT2D eigenvalue weighted by Gasteiger charge is -2.09. The Morgan fingerprint density at radius 3 is 2.65 bits per heavy atom. The highest BCUT2D eigenvalue weighted by Crippen LogP contribution is 2.16. The topological polar surface area (TPSA) is 81.8 Å². The number of hydrogen-bond donors (Lipinski definition) is 1. The van der Waals surface area contributed by atoms with Gasteiger partial charge in [0.15, 0.2) is 5.69 Å². The number of fused-ring (bicyclic) bond motifs is 1. The van der Waals surface area contributed by atoms with Crippen molar-refractivity contribution >= 4 is 28.4 Å². The van der Waals surface area contributed by atoms with Crippen LogP contribution in [0.5, 0.6) is 0 Å². The second kappa shape index (κ2) is 6.92. The Hall–Kier alpha value is -2.67. The van der Waals surface area contributed by atoms with Crippen LogP contribution in [0.25, 0.3) is 10.9 Å². The Morgan fingerprint density at radius 2 is 2.00 bits per heavy atom. The van der Waals surface area contributed by atoms with Gasteiger partial charge < -0.3 is 5.32 Å². The molecule has 2 aromatic heterocycles. The lowest BCUT2D eigenvalue weighted by molar-refractivity contribution is 0.0943. The van der Waals surface area contributed by atoms with Crippen molar-refractivity contribution in [1.82, 2.24) is 24.9 Å². The number of hydrogen-bond acceptors (Lipinski definition) is 4. The molecule has 0 aliphatic carbocycles. The molecule has 0 saturated carbocycles. The monoisotopic (exact) mass is 373 g/mol. The average molecular weight is 374 g/mol. The molecule has 0 radical (unpaired) electrons. The molecule has 136 valence electrons. The SMILES string of the molecule is CCn1nc(C)c(CNC(=O)c2nn(C)c3ccc(Cl)cc3c2=O)c1C. The Balaban J connectivity index is 1.93. The van der Waals surface area contributed by atoms with Crippen molar-refractivity contribution in [2.45, 2.75) is 33.9 Å². The predicted octanol–water partition coefficient (Wildman–Crippen LogP) is 2.35. The minimum atomic E-state index is -0.518. The number of carbonyl (C=O) groups excluding carboxylic acids is 1. The summed E-state index contributed by atoms with van der Waals surface area (Å²) in [4.78, 5) is 25.2. The van der Waals surface area contributed by atoms with Crippen molar-refractivity contribution < 1.29 is 4.79 Å². The molecule has 26 heavy (non-hydrogen) atoms. The molecule has 7 nitrogen and oxygen atoms in total. The first-order chi connectivity index (χ1) is 12.3. The molecular formula is C18H20ClN5O2. The third-order valence-corrected chi connectivity index (χ3v) is 4.72. The van der Waals surface area contributed by atoms with E-state index in [-0.39, 0.29) is 12.2 Å². The number of aryl methyl sites for hydroxylation is 3. The van der Waals surface area contributed by atoms with E-state index >= 15 is 0 Å². The molecule has 8 heteroatoms. The summed E-state index contributed by atoms with van der Waals surface area (Å²) in [5.74, 6) is -0.518. The maximum Gasteiger partial charge on any atom is 0.276 e. The van der Waals surface area contributed by atoms with Gasteiger partial charge in [-0.2, -0.15) is 10.2 Å². The third-order valence-electron chi connectivity index (χ3n) is 4.49. The fourth-order valence-electron chi connectivity index (χ4n) is 3.05. The highest BCUT2D eigenvalue weighted by molar-refractivity contribution is 6.31. The number of amides is 1. The summed E-state index contributed by atoms with van der Waals surface area (Å²) in [7, 11) is 1.69. The van der Waals surface area contributed by atoms with Crippen LogP contribution in [0.2, 0.25) is 5.02 Å². The number of halogens is 1. The van der Waals surface area contributed by atoms with Crippen LogP contribution in [-0.4, -0.2) is 25.5 Å². The van der Waals surface area contributed by atoms with Gasteiger partial charge in [0.2, 0.25) is 5.43 Å². The summed E-state index contributed by atoms with van der Waals surface area (Å²) in [6, 6.07) is 4.94. The molecule has 3 rings (SSSR count). The summed E-state index contributed by atoms with van der Waals surface area (Å²) in [5, 5.41) is 12.2. The lowest BCUT2D eigenvalue weighted by Crippen LogP contribution is -2.31. The van der Waals surface area contributed by atoms with Crippen LogP contribution in [0.15, 0.2) is 23.0 Å². The number of benzene rings is 1. The molecule has 0 unspecified atom stereocenters. The van der Waals surface area contributed by atoms with Gasteiger partial charge in [0.25, 0.3) is 5.91 Å².